The van der Waals surface area contributed by atoms with E-state index in [1.54, 1.807) is 36.4 Å². The Morgan fingerprint density at radius 2 is 1.36 bits per heavy atom. The van der Waals surface area contributed by atoms with Crippen LogP contribution in [0.5, 0.6) is 0 Å². The molecule has 4 rings (SSSR count). The molecule has 2 saturated heterocycles. The molecule has 2 fully saturated rings. The molecule has 2 aromatic rings. The van der Waals surface area contributed by atoms with Gasteiger partial charge < -0.3 is 50.3 Å². The standard InChI is InChI=1S/C21H32BBrClN3O5.C20H30BBrClN3O4.C2H4/c1-15(2)12-19(22-31-10-3-6-27(7-9-28)8-11-32-22)26-20(29)14-25-21(30)17-13-16(23)4-5-18(17)24;1-12(2)7-18(21-29-13(3)9-24-10-14(4)30-21)26-19(27)11-25-20(28)16-8-15(23)5-6-17(16)22;1-2/h4-5,13,15,19,28H,3,6-12,14H2,1-2H3,(H,25,30)(H,26,29);5-6,8,12-14,18,24H,7,9-11H2,1-4H3,(H,25,28)(H,26,27);1-2H2/t19-;13?,14?,18-;/m00./s1. The average Bonchev–Trinajstić information content (AvgIpc) is 3.35. The molecule has 21 heteroatoms. The lowest BCUT2D eigenvalue weighted by molar-refractivity contribution is -0.121. The highest BCUT2D eigenvalue weighted by molar-refractivity contribution is 9.10. The van der Waals surface area contributed by atoms with E-state index in [-0.39, 0.29) is 61.5 Å². The Labute approximate surface area is 407 Å². The lowest BCUT2D eigenvalue weighted by atomic mass is 9.73. The Kier molecular flexibility index (Phi) is 28.3. The first kappa shape index (κ1) is 57.6. The first-order valence-electron chi connectivity index (χ1n) is 21.6. The Morgan fingerprint density at radius 3 is 1.92 bits per heavy atom. The van der Waals surface area contributed by atoms with E-state index in [1.165, 1.54) is 0 Å². The van der Waals surface area contributed by atoms with Crippen LogP contribution in [0.3, 0.4) is 0 Å². The van der Waals surface area contributed by atoms with Gasteiger partial charge in [-0.1, -0.05) is 66.8 Å². The number of amides is 4. The monoisotopic (exact) mass is 1060 g/mol. The third kappa shape index (κ3) is 22.3. The van der Waals surface area contributed by atoms with Crippen molar-refractivity contribution in [2.24, 2.45) is 11.8 Å². The van der Waals surface area contributed by atoms with E-state index in [0.29, 0.717) is 76.6 Å². The normalized spacial score (nSPS) is 18.3. The van der Waals surface area contributed by atoms with Crippen molar-refractivity contribution in [2.45, 2.75) is 84.9 Å². The molecule has 64 heavy (non-hydrogen) atoms. The highest BCUT2D eigenvalue weighted by Crippen LogP contribution is 2.22. The average molecular weight is 1060 g/mol. The molecule has 0 spiro atoms. The van der Waals surface area contributed by atoms with Gasteiger partial charge in [-0.05, 0) is 97.3 Å². The first-order valence-corrected chi connectivity index (χ1v) is 23.9. The van der Waals surface area contributed by atoms with Crippen molar-refractivity contribution in [1.82, 2.24) is 31.5 Å². The van der Waals surface area contributed by atoms with Gasteiger partial charge in [-0.3, -0.25) is 24.1 Å². The van der Waals surface area contributed by atoms with Gasteiger partial charge in [-0.2, -0.15) is 0 Å². The van der Waals surface area contributed by atoms with Crippen molar-refractivity contribution in [3.05, 3.63) is 79.7 Å². The summed E-state index contributed by atoms with van der Waals surface area (Å²) in [5.41, 5.74) is 0.666. The number of nitrogens with one attached hydrogen (secondary N) is 5. The second-order valence-electron chi connectivity index (χ2n) is 16.2. The summed E-state index contributed by atoms with van der Waals surface area (Å²) in [6.45, 7) is 22.5. The maximum atomic E-state index is 12.6. The molecule has 6 N–H and O–H groups in total. The summed E-state index contributed by atoms with van der Waals surface area (Å²) in [6.07, 6.45) is 2.08. The molecular formula is C43H66B2Br2Cl2N6O9. The fourth-order valence-electron chi connectivity index (χ4n) is 6.67. The molecule has 2 aliphatic rings. The summed E-state index contributed by atoms with van der Waals surface area (Å²) in [5, 5.41) is 24.4. The summed E-state index contributed by atoms with van der Waals surface area (Å²) in [5.74, 6) is -1.48. The van der Waals surface area contributed by atoms with Crippen molar-refractivity contribution in [1.29, 1.82) is 0 Å². The van der Waals surface area contributed by atoms with Crippen LogP contribution in [-0.2, 0) is 28.2 Å². The maximum absolute atomic E-state index is 12.6. The molecule has 0 bridgehead atoms. The van der Waals surface area contributed by atoms with E-state index in [9.17, 15) is 24.3 Å². The van der Waals surface area contributed by atoms with Crippen LogP contribution in [0.15, 0.2) is 58.5 Å². The zero-order valence-electron chi connectivity index (χ0n) is 37.9. The maximum Gasteiger partial charge on any atom is 0.481 e. The molecule has 0 aromatic heterocycles. The third-order valence-corrected chi connectivity index (χ3v) is 11.3. The Morgan fingerprint density at radius 1 is 0.812 bits per heavy atom. The highest BCUT2D eigenvalue weighted by atomic mass is 79.9. The fraction of sp³-hybridized carbons (Fsp3) is 0.581. The van der Waals surface area contributed by atoms with Gasteiger partial charge in [0.05, 0.1) is 59.9 Å². The van der Waals surface area contributed by atoms with Gasteiger partial charge in [-0.15, -0.1) is 13.2 Å². The molecule has 0 saturated carbocycles. The van der Waals surface area contributed by atoms with Crippen LogP contribution in [0.2, 0.25) is 10.0 Å². The van der Waals surface area contributed by atoms with Crippen LogP contribution < -0.4 is 26.6 Å². The number of rotatable bonds is 16. The van der Waals surface area contributed by atoms with Gasteiger partial charge in [0.15, 0.2) is 0 Å². The van der Waals surface area contributed by atoms with Crippen molar-refractivity contribution in [3.63, 3.8) is 0 Å². The number of carbonyl (C=O) groups excluding carboxylic acids is 4. The molecule has 2 unspecified atom stereocenters. The quantitative estimate of drug-likeness (QED) is 0.0891. The Balaban J connectivity index is 0.000000424. The largest absolute Gasteiger partial charge is 0.481 e. The lowest BCUT2D eigenvalue weighted by Gasteiger charge is -2.32. The number of β-amino-alcohol motifs (C(OH)–C–C–N with tert-alkyl or cyclic N) is 1. The van der Waals surface area contributed by atoms with Gasteiger partial charge in [0.1, 0.15) is 0 Å². The molecule has 0 radical (unpaired) electrons. The van der Waals surface area contributed by atoms with Gasteiger partial charge in [0.25, 0.3) is 11.8 Å². The van der Waals surface area contributed by atoms with E-state index in [1.807, 2.05) is 13.8 Å². The number of aliphatic hydroxyl groups excluding tert-OH is 1. The minimum absolute atomic E-state index is 0.0473. The number of halogens is 4. The van der Waals surface area contributed by atoms with E-state index in [4.69, 9.17) is 41.8 Å². The van der Waals surface area contributed by atoms with Crippen LogP contribution in [0.4, 0.5) is 0 Å². The van der Waals surface area contributed by atoms with Crippen LogP contribution in [0, 0.1) is 11.8 Å². The zero-order valence-corrected chi connectivity index (χ0v) is 42.5. The number of benzene rings is 2. The number of nitrogens with zero attached hydrogens (tertiary/aromatic N) is 1. The van der Waals surface area contributed by atoms with E-state index < -0.39 is 20.1 Å². The minimum Gasteiger partial charge on any atom is -0.410 e. The molecule has 2 heterocycles. The van der Waals surface area contributed by atoms with Crippen molar-refractivity contribution >= 4 is 92.9 Å². The molecule has 2 aromatic carbocycles. The molecule has 356 valence electrons. The summed E-state index contributed by atoms with van der Waals surface area (Å²) >= 11 is 18.7. The van der Waals surface area contributed by atoms with Crippen molar-refractivity contribution in [3.8, 4) is 0 Å². The predicted octanol–water partition coefficient (Wildman–Crippen LogP) is 5.73. The molecular weight excluding hydrogens is 997 g/mol. The SMILES string of the molecule is C=C.CC(C)C[C@H](NC(=O)CNC(=O)c1cc(Br)ccc1Cl)B1OCCCN(CCO)CCO1.CC(C)C[C@H](NC(=O)CNC(=O)c1cc(Cl)ccc1Br)B1OC(C)CNCC(C)O1. The zero-order chi connectivity index (χ0) is 47.8. The summed E-state index contributed by atoms with van der Waals surface area (Å²) < 4.78 is 25.3. The second kappa shape index (κ2) is 31.4. The van der Waals surface area contributed by atoms with Crippen LogP contribution in [0.25, 0.3) is 0 Å². The fourth-order valence-corrected chi connectivity index (χ4v) is 7.83. The Hall–Kier alpha value is -2.55. The van der Waals surface area contributed by atoms with Gasteiger partial charge >= 0.3 is 14.2 Å². The number of hydrogen-bond acceptors (Lipinski definition) is 11. The molecule has 15 nitrogen and oxygen atoms in total. The molecule has 4 amide bonds. The first-order chi connectivity index (χ1) is 30.4. The smallest absolute Gasteiger partial charge is 0.410 e. The van der Waals surface area contributed by atoms with Gasteiger partial charge in [0, 0.05) is 59.9 Å². The van der Waals surface area contributed by atoms with Gasteiger partial charge in [-0.25, -0.2) is 0 Å². The topological polar surface area (TPSA) is 189 Å². The highest BCUT2D eigenvalue weighted by Gasteiger charge is 2.37. The summed E-state index contributed by atoms with van der Waals surface area (Å²) in [6, 6.07) is 9.88. The molecule has 2 aliphatic heterocycles. The number of carbonyl (C=O) groups is 4. The summed E-state index contributed by atoms with van der Waals surface area (Å²) in [4.78, 5) is 52.2. The minimum atomic E-state index is -0.578. The third-order valence-electron chi connectivity index (χ3n) is 9.57. The molecule has 4 atom stereocenters. The summed E-state index contributed by atoms with van der Waals surface area (Å²) in [7, 11) is -1.13. The lowest BCUT2D eigenvalue weighted by Crippen LogP contribution is -2.56. The predicted molar refractivity (Wildman–Crippen MR) is 263 cm³/mol. The number of hydrogen-bond donors (Lipinski definition) is 6. The number of aliphatic hydroxyl groups is 1. The van der Waals surface area contributed by atoms with Crippen LogP contribution >= 0.6 is 55.1 Å². The Bertz CT molecular complexity index is 1750. The van der Waals surface area contributed by atoms with Gasteiger partial charge in [0.2, 0.25) is 11.8 Å². The van der Waals surface area contributed by atoms with E-state index >= 15 is 0 Å². The van der Waals surface area contributed by atoms with E-state index in [0.717, 1.165) is 30.5 Å². The van der Waals surface area contributed by atoms with Crippen LogP contribution in [-0.4, -0.2) is 138 Å². The van der Waals surface area contributed by atoms with Crippen LogP contribution in [0.1, 0.15) is 81.5 Å². The molecule has 0 aliphatic carbocycles. The van der Waals surface area contributed by atoms with E-state index in [2.05, 4.69) is 104 Å². The second-order valence-corrected chi connectivity index (χ2v) is 18.8. The van der Waals surface area contributed by atoms with Crippen molar-refractivity contribution < 1.29 is 42.9 Å². The van der Waals surface area contributed by atoms with Crippen molar-refractivity contribution in [2.75, 3.05) is 65.6 Å².